The van der Waals surface area contributed by atoms with E-state index in [-0.39, 0.29) is 17.9 Å². The minimum Gasteiger partial charge on any atom is -0.342 e. The van der Waals surface area contributed by atoms with Crippen LogP contribution in [0.5, 0.6) is 0 Å². The average molecular weight is 793 g/mol. The van der Waals surface area contributed by atoms with E-state index in [9.17, 15) is 29.8 Å². The van der Waals surface area contributed by atoms with Crippen LogP contribution in [0.2, 0.25) is 0 Å². The van der Waals surface area contributed by atoms with Gasteiger partial charge in [0.15, 0.2) is 5.78 Å². The number of nitro benzene ring substituents is 2. The van der Waals surface area contributed by atoms with Gasteiger partial charge in [-0.3, -0.25) is 29.8 Å². The van der Waals surface area contributed by atoms with Crippen LogP contribution in [0.4, 0.5) is 11.4 Å². The molecule has 10 heteroatoms. The van der Waals surface area contributed by atoms with Gasteiger partial charge in [-0.15, -0.1) is 0 Å². The number of nitrogens with zero attached hydrogens (tertiary/aromatic N) is 2. The number of hydrogen-bond acceptors (Lipinski definition) is 7. The van der Waals surface area contributed by atoms with E-state index in [1.165, 1.54) is 65.3 Å². The molecule has 1 amide bonds. The number of rotatable bonds is 13. The van der Waals surface area contributed by atoms with Crippen LogP contribution in [-0.2, 0) is 4.79 Å². The highest BCUT2D eigenvalue weighted by atomic mass is 16.6. The van der Waals surface area contributed by atoms with E-state index in [1.807, 2.05) is 6.07 Å². The second kappa shape index (κ2) is 15.8. The molecule has 3 N–H and O–H groups in total. The number of nitro groups is 2. The number of Topliss-reactive ketones (excluding diaryl/α,β-unsaturated/α-hetero) is 1. The van der Waals surface area contributed by atoms with Gasteiger partial charge in [0, 0.05) is 18.1 Å². The van der Waals surface area contributed by atoms with Crippen LogP contribution in [0.3, 0.4) is 0 Å². The summed E-state index contributed by atoms with van der Waals surface area (Å²) in [6.45, 7) is 0. The Morgan fingerprint density at radius 1 is 0.567 bits per heavy atom. The van der Waals surface area contributed by atoms with Crippen molar-refractivity contribution in [3.63, 3.8) is 0 Å². The molecule has 0 spiro atoms. The molecule has 0 fully saturated rings. The average Bonchev–Trinajstić information content (AvgIpc) is 3.64. The number of nitrogens with one attached hydrogen (secondary N) is 1. The first kappa shape index (κ1) is 38.2. The molecule has 8 aromatic carbocycles. The zero-order valence-electron chi connectivity index (χ0n) is 32.5. The second-order valence-electron chi connectivity index (χ2n) is 15.5. The smallest absolute Gasteiger partial charge is 0.277 e. The van der Waals surface area contributed by atoms with Crippen molar-refractivity contribution in [2.24, 2.45) is 5.73 Å². The van der Waals surface area contributed by atoms with Crippen molar-refractivity contribution in [3.8, 4) is 11.1 Å². The Morgan fingerprint density at radius 3 is 1.48 bits per heavy atom. The quantitative estimate of drug-likeness (QED) is 0.0509. The fraction of sp³-hybridized carbons (Fsp3) is 0.160. The van der Waals surface area contributed by atoms with Crippen molar-refractivity contribution in [1.29, 1.82) is 0 Å². The van der Waals surface area contributed by atoms with Crippen molar-refractivity contribution < 1.29 is 19.4 Å². The first-order valence-electron chi connectivity index (χ1n) is 20.2. The van der Waals surface area contributed by atoms with Gasteiger partial charge >= 0.3 is 0 Å². The van der Waals surface area contributed by atoms with Gasteiger partial charge in [0.1, 0.15) is 0 Å². The van der Waals surface area contributed by atoms with Crippen molar-refractivity contribution in [1.82, 2.24) is 5.32 Å². The van der Waals surface area contributed by atoms with Crippen molar-refractivity contribution in [3.05, 3.63) is 188 Å². The zero-order valence-corrected chi connectivity index (χ0v) is 32.5. The van der Waals surface area contributed by atoms with E-state index >= 15 is 0 Å². The molecule has 296 valence electrons. The highest BCUT2D eigenvalue weighted by molar-refractivity contribution is 6.25. The predicted molar refractivity (Wildman–Crippen MR) is 236 cm³/mol. The maximum atomic E-state index is 14.0. The molecule has 2 unspecified atom stereocenters. The first-order chi connectivity index (χ1) is 29.2. The number of benzene rings is 8. The monoisotopic (exact) mass is 792 g/mol. The number of carbonyl (C=O) groups excluding carboxylic acids is 2. The van der Waals surface area contributed by atoms with Gasteiger partial charge in [0.2, 0.25) is 0 Å². The van der Waals surface area contributed by atoms with Gasteiger partial charge in [-0.2, -0.15) is 0 Å². The molecule has 10 nitrogen and oxygen atoms in total. The van der Waals surface area contributed by atoms with E-state index in [0.717, 1.165) is 37.5 Å². The molecule has 2 atom stereocenters. The van der Waals surface area contributed by atoms with Crippen LogP contribution in [0.25, 0.3) is 54.2 Å². The summed E-state index contributed by atoms with van der Waals surface area (Å²) in [7, 11) is 0. The Bertz CT molecular complexity index is 2880. The zero-order chi connectivity index (χ0) is 41.5. The maximum Gasteiger partial charge on any atom is 0.277 e. The SMILES string of the molecule is NC(C(=O)C(CCCCCC1c2c(c3ccccc3c3ccccc23)-c2c1c1ccccc1c1ccccc21)NC(=O)c1cc([N+](=O)[O-])cc([N+](=O)[O-])c1)c1ccccc1. The number of amides is 1. The Morgan fingerprint density at radius 2 is 1.00 bits per heavy atom. The summed E-state index contributed by atoms with van der Waals surface area (Å²) in [5, 5.41) is 35.7. The van der Waals surface area contributed by atoms with Crippen molar-refractivity contribution >= 4 is 66.2 Å². The summed E-state index contributed by atoms with van der Waals surface area (Å²) >= 11 is 0. The highest BCUT2D eigenvalue weighted by Crippen LogP contribution is 2.57. The third-order valence-electron chi connectivity index (χ3n) is 12.1. The third-order valence-corrected chi connectivity index (χ3v) is 12.1. The fourth-order valence-corrected chi connectivity index (χ4v) is 9.41. The van der Waals surface area contributed by atoms with E-state index in [2.05, 4.69) is 102 Å². The van der Waals surface area contributed by atoms with Crippen LogP contribution in [0.15, 0.2) is 146 Å². The number of ketones is 1. The summed E-state index contributed by atoms with van der Waals surface area (Å²) in [5.74, 6) is -1.17. The van der Waals surface area contributed by atoms with Crippen LogP contribution >= 0.6 is 0 Å². The molecule has 0 bridgehead atoms. The van der Waals surface area contributed by atoms with Gasteiger partial charge in [0.25, 0.3) is 17.3 Å². The molecular weight excluding hydrogens is 753 g/mol. The molecule has 1 aliphatic rings. The molecule has 0 saturated carbocycles. The number of nitrogens with two attached hydrogens (primary N) is 1. The number of unbranched alkanes of at least 4 members (excludes halogenated alkanes) is 2. The van der Waals surface area contributed by atoms with Crippen LogP contribution in [0.1, 0.15) is 71.1 Å². The fourth-order valence-electron chi connectivity index (χ4n) is 9.41. The first-order valence-corrected chi connectivity index (χ1v) is 20.2. The van der Waals surface area contributed by atoms with E-state index in [1.54, 1.807) is 24.3 Å². The van der Waals surface area contributed by atoms with Gasteiger partial charge < -0.3 is 11.1 Å². The van der Waals surface area contributed by atoms with Crippen LogP contribution in [-0.4, -0.2) is 27.6 Å². The number of carbonyl (C=O) groups is 2. The molecule has 0 radical (unpaired) electrons. The second-order valence-corrected chi connectivity index (χ2v) is 15.5. The number of fused-ring (bicyclic) bond motifs is 13. The molecule has 0 aliphatic heterocycles. The van der Waals surface area contributed by atoms with Gasteiger partial charge in [0.05, 0.1) is 33.6 Å². The minimum atomic E-state index is -1.05. The number of non-ortho nitro benzene ring substituents is 2. The Hall–Kier alpha value is -7.30. The summed E-state index contributed by atoms with van der Waals surface area (Å²) in [6, 6.07) is 44.2. The largest absolute Gasteiger partial charge is 0.342 e. The normalized spacial score (nSPS) is 13.3. The Balaban J connectivity index is 1.04. The lowest BCUT2D eigenvalue weighted by atomic mass is 9.84. The molecule has 0 heterocycles. The molecule has 9 rings (SSSR count). The van der Waals surface area contributed by atoms with Crippen molar-refractivity contribution in [2.75, 3.05) is 0 Å². The Labute approximate surface area is 344 Å². The predicted octanol–water partition coefficient (Wildman–Crippen LogP) is 11.2. The Kier molecular flexibility index (Phi) is 10.1. The van der Waals surface area contributed by atoms with Gasteiger partial charge in [-0.25, -0.2) is 0 Å². The van der Waals surface area contributed by atoms with E-state index < -0.39 is 45.0 Å². The van der Waals surface area contributed by atoms with Crippen LogP contribution < -0.4 is 11.1 Å². The highest BCUT2D eigenvalue weighted by Gasteiger charge is 2.36. The standard InChI is InChI=1S/C50H40N4O6/c51-48(30-15-3-1-4-16-30)49(55)43(52-50(56)31-27-32(53(57)58)29-33(28-31)54(59)60)26-6-2-5-25-42-44-38-21-11-7-17-34(38)36-19-9-13-23-40(36)46(44)47-41-24-14-10-20-37(41)35-18-8-12-22-39(35)45(42)47/h1,3-4,7-24,27-29,42-43,48H,2,5-6,25-26,51H2,(H,52,56). The molecule has 8 aromatic rings. The minimum absolute atomic E-state index is 0.0901. The summed E-state index contributed by atoms with van der Waals surface area (Å²) < 4.78 is 0. The van der Waals surface area contributed by atoms with E-state index in [4.69, 9.17) is 5.73 Å². The molecular formula is C50H40N4O6. The molecule has 60 heavy (non-hydrogen) atoms. The maximum absolute atomic E-state index is 14.0. The van der Waals surface area contributed by atoms with E-state index in [0.29, 0.717) is 12.0 Å². The topological polar surface area (TPSA) is 158 Å². The molecule has 1 aliphatic carbocycles. The number of hydrogen-bond donors (Lipinski definition) is 2. The lowest BCUT2D eigenvalue weighted by molar-refractivity contribution is -0.394. The lowest BCUT2D eigenvalue weighted by Crippen LogP contribution is -2.45. The summed E-state index contributed by atoms with van der Waals surface area (Å²) in [6.07, 6.45) is 3.22. The summed E-state index contributed by atoms with van der Waals surface area (Å²) in [4.78, 5) is 49.2. The lowest BCUT2D eigenvalue weighted by Gasteiger charge is -2.22. The molecule has 0 saturated heterocycles. The summed E-state index contributed by atoms with van der Waals surface area (Å²) in [5.41, 5.74) is 10.8. The van der Waals surface area contributed by atoms with Gasteiger partial charge in [-0.05, 0) is 83.7 Å². The van der Waals surface area contributed by atoms with Crippen molar-refractivity contribution in [2.45, 2.75) is 50.1 Å². The van der Waals surface area contributed by atoms with Crippen LogP contribution in [0, 0.1) is 20.2 Å². The van der Waals surface area contributed by atoms with Gasteiger partial charge in [-0.1, -0.05) is 147 Å². The third kappa shape index (κ3) is 6.70. The molecule has 0 aromatic heterocycles.